The van der Waals surface area contributed by atoms with Gasteiger partial charge in [0.2, 0.25) is 5.91 Å². The summed E-state index contributed by atoms with van der Waals surface area (Å²) < 4.78 is 16.4. The molecule has 0 spiro atoms. The Morgan fingerprint density at radius 2 is 2.25 bits per heavy atom. The first-order chi connectivity index (χ1) is 7.41. The normalized spacial score (nSPS) is 21.9. The summed E-state index contributed by atoms with van der Waals surface area (Å²) in [4.78, 5) is 11.5. The number of hydrogen-bond acceptors (Lipinski definition) is 4. The maximum absolute atomic E-state index is 11.5. The van der Waals surface area contributed by atoms with Crippen molar-refractivity contribution < 1.29 is 13.7 Å². The van der Waals surface area contributed by atoms with Gasteiger partial charge in [-0.1, -0.05) is 0 Å². The first-order valence-corrected chi connectivity index (χ1v) is 7.08. The van der Waals surface area contributed by atoms with Gasteiger partial charge >= 0.3 is 0 Å². The number of ether oxygens (including phenoxy) is 1. The third-order valence-electron chi connectivity index (χ3n) is 2.44. The van der Waals surface area contributed by atoms with E-state index in [2.05, 4.69) is 10.6 Å². The van der Waals surface area contributed by atoms with Crippen LogP contribution in [0.3, 0.4) is 0 Å². The minimum Gasteiger partial charge on any atom is -0.363 e. The number of carbonyl (C=O) groups is 1. The smallest absolute Gasteiger partial charge is 0.246 e. The molecule has 2 N–H and O–H groups in total. The van der Waals surface area contributed by atoms with Crippen molar-refractivity contribution >= 4 is 16.7 Å². The topological polar surface area (TPSA) is 67.4 Å². The van der Waals surface area contributed by atoms with Crippen LogP contribution in [0.25, 0.3) is 0 Å². The largest absolute Gasteiger partial charge is 0.363 e. The minimum absolute atomic E-state index is 0.0683. The molecule has 1 amide bonds. The molecular formula is C10H20N2O3S. The standard InChI is InChI=1S/C10H20N2O3S/c1-8(5-16(3)14)12-9(13)4-15-10(2)6-11-7-10/h8,11H,4-7H2,1-3H3,(H,12,13). The quantitative estimate of drug-likeness (QED) is 0.649. The van der Waals surface area contributed by atoms with Crippen LogP contribution in [0.4, 0.5) is 0 Å². The average Bonchev–Trinajstić information content (AvgIpc) is 2.10. The maximum atomic E-state index is 11.5. The lowest BCUT2D eigenvalue weighted by molar-refractivity contribution is -0.136. The van der Waals surface area contributed by atoms with Crippen LogP contribution in [-0.4, -0.2) is 53.5 Å². The van der Waals surface area contributed by atoms with Crippen molar-refractivity contribution in [1.82, 2.24) is 10.6 Å². The molecule has 0 radical (unpaired) electrons. The molecule has 0 aromatic heterocycles. The molecule has 1 aliphatic heterocycles. The van der Waals surface area contributed by atoms with Crippen LogP contribution in [-0.2, 0) is 20.3 Å². The van der Waals surface area contributed by atoms with Crippen molar-refractivity contribution in [1.29, 1.82) is 0 Å². The van der Waals surface area contributed by atoms with Gasteiger partial charge in [-0.3, -0.25) is 9.00 Å². The second-order valence-corrected chi connectivity index (χ2v) is 6.03. The Balaban J connectivity index is 2.17. The molecule has 0 aliphatic carbocycles. The second kappa shape index (κ2) is 5.75. The number of carbonyl (C=O) groups excluding carboxylic acids is 1. The van der Waals surface area contributed by atoms with Crippen molar-refractivity contribution in [2.24, 2.45) is 0 Å². The molecule has 0 saturated carbocycles. The van der Waals surface area contributed by atoms with Crippen molar-refractivity contribution in [2.75, 3.05) is 31.7 Å². The Bertz CT molecular complexity index is 279. The van der Waals surface area contributed by atoms with E-state index < -0.39 is 10.8 Å². The fraction of sp³-hybridized carbons (Fsp3) is 0.900. The van der Waals surface area contributed by atoms with Crippen molar-refractivity contribution in [3.8, 4) is 0 Å². The lowest BCUT2D eigenvalue weighted by Gasteiger charge is -2.38. The zero-order valence-corrected chi connectivity index (χ0v) is 10.9. The lowest BCUT2D eigenvalue weighted by Crippen LogP contribution is -2.59. The zero-order chi connectivity index (χ0) is 12.2. The zero-order valence-electron chi connectivity index (χ0n) is 10.0. The molecule has 1 fully saturated rings. The molecule has 2 unspecified atom stereocenters. The highest BCUT2D eigenvalue weighted by Crippen LogP contribution is 2.14. The fourth-order valence-corrected chi connectivity index (χ4v) is 2.32. The summed E-state index contributed by atoms with van der Waals surface area (Å²) in [5.41, 5.74) is -0.200. The van der Waals surface area contributed by atoms with Gasteiger partial charge < -0.3 is 15.4 Å². The van der Waals surface area contributed by atoms with Gasteiger partial charge in [0.25, 0.3) is 0 Å². The SMILES string of the molecule is CC(CS(C)=O)NC(=O)COC1(C)CNC1. The summed E-state index contributed by atoms with van der Waals surface area (Å²) in [5, 5.41) is 5.85. The maximum Gasteiger partial charge on any atom is 0.246 e. The Kier molecular flexibility index (Phi) is 4.89. The van der Waals surface area contributed by atoms with Crippen molar-refractivity contribution in [3.63, 3.8) is 0 Å². The number of rotatable bonds is 6. The van der Waals surface area contributed by atoms with Crippen LogP contribution in [0.2, 0.25) is 0 Å². The molecule has 0 bridgehead atoms. The van der Waals surface area contributed by atoms with E-state index in [-0.39, 0.29) is 24.2 Å². The van der Waals surface area contributed by atoms with Gasteiger partial charge in [-0.15, -0.1) is 0 Å². The Hall–Kier alpha value is -0.460. The summed E-state index contributed by atoms with van der Waals surface area (Å²) >= 11 is 0. The molecule has 1 rings (SSSR count). The summed E-state index contributed by atoms with van der Waals surface area (Å²) in [6.07, 6.45) is 1.63. The van der Waals surface area contributed by atoms with E-state index in [1.807, 2.05) is 13.8 Å². The second-order valence-electron chi connectivity index (χ2n) is 4.55. The molecule has 1 heterocycles. The third-order valence-corrected chi connectivity index (χ3v) is 3.41. The van der Waals surface area contributed by atoms with Gasteiger partial charge in [0.15, 0.2) is 0 Å². The van der Waals surface area contributed by atoms with Gasteiger partial charge in [0.05, 0.1) is 5.60 Å². The molecule has 5 nitrogen and oxygen atoms in total. The van der Waals surface area contributed by atoms with Gasteiger partial charge in [-0.25, -0.2) is 0 Å². The molecule has 16 heavy (non-hydrogen) atoms. The van der Waals surface area contributed by atoms with Crippen LogP contribution in [0.15, 0.2) is 0 Å². The Morgan fingerprint density at radius 3 is 2.69 bits per heavy atom. The van der Waals surface area contributed by atoms with Crippen molar-refractivity contribution in [3.05, 3.63) is 0 Å². The highest BCUT2D eigenvalue weighted by molar-refractivity contribution is 7.84. The van der Waals surface area contributed by atoms with E-state index in [0.717, 1.165) is 13.1 Å². The molecule has 0 aromatic carbocycles. The summed E-state index contributed by atoms with van der Waals surface area (Å²) in [6.45, 7) is 5.45. The van der Waals surface area contributed by atoms with E-state index in [1.165, 1.54) is 0 Å². The molecule has 1 aliphatic rings. The van der Waals surface area contributed by atoms with Crippen LogP contribution in [0, 0.1) is 0 Å². The Labute approximate surface area is 98.8 Å². The van der Waals surface area contributed by atoms with E-state index in [4.69, 9.17) is 4.74 Å². The Morgan fingerprint density at radius 1 is 1.62 bits per heavy atom. The summed E-state index contributed by atoms with van der Waals surface area (Å²) in [6, 6.07) is -0.0748. The summed E-state index contributed by atoms with van der Waals surface area (Å²) in [7, 11) is -0.889. The minimum atomic E-state index is -0.889. The average molecular weight is 248 g/mol. The van der Waals surface area contributed by atoms with E-state index in [9.17, 15) is 9.00 Å². The number of amides is 1. The van der Waals surface area contributed by atoms with Crippen LogP contribution >= 0.6 is 0 Å². The monoisotopic (exact) mass is 248 g/mol. The van der Waals surface area contributed by atoms with Crippen molar-refractivity contribution in [2.45, 2.75) is 25.5 Å². The van der Waals surface area contributed by atoms with E-state index in [1.54, 1.807) is 6.26 Å². The van der Waals surface area contributed by atoms with Gasteiger partial charge in [0, 0.05) is 41.9 Å². The highest BCUT2D eigenvalue weighted by Gasteiger charge is 2.33. The molecular weight excluding hydrogens is 228 g/mol. The van der Waals surface area contributed by atoms with Gasteiger partial charge in [-0.2, -0.15) is 0 Å². The predicted octanol–water partition coefficient (Wildman–Crippen LogP) is -0.752. The molecule has 2 atom stereocenters. The first kappa shape index (κ1) is 13.6. The highest BCUT2D eigenvalue weighted by atomic mass is 32.2. The molecule has 94 valence electrons. The van der Waals surface area contributed by atoms with Crippen LogP contribution in [0.1, 0.15) is 13.8 Å². The lowest BCUT2D eigenvalue weighted by atomic mass is 10.0. The number of nitrogens with one attached hydrogen (secondary N) is 2. The first-order valence-electron chi connectivity index (χ1n) is 5.35. The molecule has 0 aromatic rings. The third kappa shape index (κ3) is 4.59. The fourth-order valence-electron chi connectivity index (χ4n) is 1.53. The van der Waals surface area contributed by atoms with E-state index >= 15 is 0 Å². The van der Waals surface area contributed by atoms with E-state index in [0.29, 0.717) is 5.75 Å². The van der Waals surface area contributed by atoms with Crippen LogP contribution < -0.4 is 10.6 Å². The predicted molar refractivity (Wildman–Crippen MR) is 63.8 cm³/mol. The molecule has 6 heteroatoms. The van der Waals surface area contributed by atoms with Gasteiger partial charge in [0.1, 0.15) is 6.61 Å². The molecule has 1 saturated heterocycles. The summed E-state index contributed by atoms with van der Waals surface area (Å²) in [5.74, 6) is 0.330. The number of hydrogen-bond donors (Lipinski definition) is 2. The van der Waals surface area contributed by atoms with Crippen LogP contribution in [0.5, 0.6) is 0 Å². The van der Waals surface area contributed by atoms with Gasteiger partial charge in [-0.05, 0) is 13.8 Å².